The molecule has 3 nitrogen and oxygen atoms in total. The van der Waals surface area contributed by atoms with Gasteiger partial charge in [0.2, 0.25) is 0 Å². The second kappa shape index (κ2) is 4.96. The number of benzene rings is 1. The lowest BCUT2D eigenvalue weighted by Gasteiger charge is -2.27. The fourth-order valence-corrected chi connectivity index (χ4v) is 2.42. The van der Waals surface area contributed by atoms with Gasteiger partial charge in [-0.15, -0.1) is 0 Å². The lowest BCUT2D eigenvalue weighted by molar-refractivity contribution is -0.142. The molecule has 0 bridgehead atoms. The van der Waals surface area contributed by atoms with Crippen LogP contribution in [-0.4, -0.2) is 16.6 Å². The molecule has 2 rings (SSSR count). The van der Waals surface area contributed by atoms with Crippen LogP contribution in [0.1, 0.15) is 31.2 Å². The predicted octanol–water partition coefficient (Wildman–Crippen LogP) is 3.65. The second-order valence-corrected chi connectivity index (χ2v) is 4.91. The minimum Gasteiger partial charge on any atom is -0.480 e. The van der Waals surface area contributed by atoms with E-state index < -0.39 is 29.1 Å². The summed E-state index contributed by atoms with van der Waals surface area (Å²) in [7, 11) is 0. The van der Waals surface area contributed by atoms with E-state index in [1.165, 1.54) is 0 Å². The number of carboxylic acids is 1. The molecule has 1 fully saturated rings. The largest absolute Gasteiger partial charge is 0.480 e. The number of anilines is 1. The highest BCUT2D eigenvalue weighted by Crippen LogP contribution is 2.36. The number of carbonyl (C=O) groups is 1. The van der Waals surface area contributed by atoms with Crippen molar-refractivity contribution in [2.45, 2.75) is 37.4 Å². The fourth-order valence-electron chi connectivity index (χ4n) is 2.42. The summed E-state index contributed by atoms with van der Waals surface area (Å²) in [6.07, 6.45) is -2.62. The van der Waals surface area contributed by atoms with Crippen molar-refractivity contribution >= 4 is 11.7 Å². The Labute approximate surface area is 112 Å². The molecule has 0 aromatic heterocycles. The van der Waals surface area contributed by atoms with Crippen LogP contribution in [0.15, 0.2) is 18.2 Å². The third-order valence-corrected chi connectivity index (χ3v) is 3.54. The molecule has 110 valence electrons. The molecular formula is C13H13F4NO2. The molecule has 0 atom stereocenters. The molecule has 1 saturated carbocycles. The first-order valence-electron chi connectivity index (χ1n) is 6.13. The lowest BCUT2D eigenvalue weighted by atomic mass is 9.97. The zero-order valence-electron chi connectivity index (χ0n) is 10.4. The van der Waals surface area contributed by atoms with E-state index in [-0.39, 0.29) is 5.69 Å². The first-order valence-corrected chi connectivity index (χ1v) is 6.13. The molecule has 0 aliphatic heterocycles. The van der Waals surface area contributed by atoms with E-state index in [0.717, 1.165) is 12.1 Å². The summed E-state index contributed by atoms with van der Waals surface area (Å²) in [4.78, 5) is 11.3. The monoisotopic (exact) mass is 291 g/mol. The molecule has 0 spiro atoms. The van der Waals surface area contributed by atoms with E-state index in [4.69, 9.17) is 0 Å². The van der Waals surface area contributed by atoms with Gasteiger partial charge in [0.15, 0.2) is 0 Å². The van der Waals surface area contributed by atoms with Crippen molar-refractivity contribution in [2.75, 3.05) is 5.32 Å². The standard InChI is InChI=1S/C13H13F4NO2/c14-9-7-8(13(15,16)17)3-4-10(9)18-12(11(19)20)5-1-2-6-12/h3-4,7,18H,1-2,5-6H2,(H,19,20). The van der Waals surface area contributed by atoms with Crippen molar-refractivity contribution in [3.05, 3.63) is 29.6 Å². The molecule has 20 heavy (non-hydrogen) atoms. The second-order valence-electron chi connectivity index (χ2n) is 4.91. The summed E-state index contributed by atoms with van der Waals surface area (Å²) in [5.74, 6) is -2.22. The van der Waals surface area contributed by atoms with Crippen molar-refractivity contribution in [1.29, 1.82) is 0 Å². The average molecular weight is 291 g/mol. The highest BCUT2D eigenvalue weighted by atomic mass is 19.4. The van der Waals surface area contributed by atoms with Gasteiger partial charge in [-0.2, -0.15) is 13.2 Å². The van der Waals surface area contributed by atoms with Crippen LogP contribution in [0.5, 0.6) is 0 Å². The fraction of sp³-hybridized carbons (Fsp3) is 0.462. The van der Waals surface area contributed by atoms with Crippen molar-refractivity contribution in [2.24, 2.45) is 0 Å². The maximum Gasteiger partial charge on any atom is 0.416 e. The summed E-state index contributed by atoms with van der Waals surface area (Å²) in [5, 5.41) is 11.8. The minimum atomic E-state index is -4.63. The molecule has 2 N–H and O–H groups in total. The van der Waals surface area contributed by atoms with Crippen molar-refractivity contribution in [3.8, 4) is 0 Å². The molecule has 0 heterocycles. The first kappa shape index (κ1) is 14.6. The average Bonchev–Trinajstić information content (AvgIpc) is 2.80. The molecule has 0 amide bonds. The summed E-state index contributed by atoms with van der Waals surface area (Å²) >= 11 is 0. The summed E-state index contributed by atoms with van der Waals surface area (Å²) in [6, 6.07) is 2.03. The van der Waals surface area contributed by atoms with Crippen LogP contribution in [0, 0.1) is 5.82 Å². The number of rotatable bonds is 3. The summed E-state index contributed by atoms with van der Waals surface area (Å²) < 4.78 is 51.0. The molecule has 0 unspecified atom stereocenters. The molecule has 1 aromatic rings. The SMILES string of the molecule is O=C(O)C1(Nc2ccc(C(F)(F)F)cc2F)CCCC1. The third-order valence-electron chi connectivity index (χ3n) is 3.54. The van der Waals surface area contributed by atoms with E-state index in [9.17, 15) is 27.5 Å². The number of carboxylic acid groups (broad SMARTS) is 1. The molecule has 1 aliphatic carbocycles. The molecule has 1 aliphatic rings. The number of nitrogens with one attached hydrogen (secondary N) is 1. The van der Waals surface area contributed by atoms with Crippen LogP contribution < -0.4 is 5.32 Å². The maximum absolute atomic E-state index is 13.7. The van der Waals surface area contributed by atoms with E-state index in [2.05, 4.69) is 5.32 Å². The molecule has 0 saturated heterocycles. The van der Waals surface area contributed by atoms with E-state index in [1.54, 1.807) is 0 Å². The van der Waals surface area contributed by atoms with Gasteiger partial charge in [0, 0.05) is 0 Å². The zero-order chi connectivity index (χ0) is 15.0. The van der Waals surface area contributed by atoms with E-state index >= 15 is 0 Å². The Morgan fingerprint density at radius 2 is 1.85 bits per heavy atom. The molecule has 1 aromatic carbocycles. The Bertz CT molecular complexity index is 522. The number of aliphatic carboxylic acids is 1. The van der Waals surface area contributed by atoms with Gasteiger partial charge >= 0.3 is 12.1 Å². The van der Waals surface area contributed by atoms with Gasteiger partial charge in [-0.3, -0.25) is 0 Å². The Hall–Kier alpha value is -1.79. The van der Waals surface area contributed by atoms with Gasteiger partial charge in [-0.05, 0) is 31.0 Å². The Morgan fingerprint density at radius 1 is 1.25 bits per heavy atom. The molecular weight excluding hydrogens is 278 g/mol. The van der Waals surface area contributed by atoms with Crippen LogP contribution in [0.3, 0.4) is 0 Å². The van der Waals surface area contributed by atoms with Crippen LogP contribution in [0.2, 0.25) is 0 Å². The summed E-state index contributed by atoms with van der Waals surface area (Å²) in [5.41, 5.74) is -2.61. The van der Waals surface area contributed by atoms with Gasteiger partial charge in [0.05, 0.1) is 11.3 Å². The highest BCUT2D eigenvalue weighted by molar-refractivity contribution is 5.83. The first-order chi connectivity index (χ1) is 9.24. The Morgan fingerprint density at radius 3 is 2.30 bits per heavy atom. The van der Waals surface area contributed by atoms with E-state index in [1.807, 2.05) is 0 Å². The third kappa shape index (κ3) is 2.71. The van der Waals surface area contributed by atoms with Crippen LogP contribution >= 0.6 is 0 Å². The van der Waals surface area contributed by atoms with Gasteiger partial charge in [0.1, 0.15) is 11.4 Å². The zero-order valence-corrected chi connectivity index (χ0v) is 10.4. The number of hydrogen-bond donors (Lipinski definition) is 2. The van der Waals surface area contributed by atoms with Crippen LogP contribution in [0.4, 0.5) is 23.2 Å². The maximum atomic E-state index is 13.7. The van der Waals surface area contributed by atoms with Gasteiger partial charge in [-0.1, -0.05) is 12.8 Å². The lowest BCUT2D eigenvalue weighted by Crippen LogP contribution is -2.43. The van der Waals surface area contributed by atoms with E-state index in [0.29, 0.717) is 31.7 Å². The van der Waals surface area contributed by atoms with Crippen LogP contribution in [-0.2, 0) is 11.0 Å². The normalized spacial score (nSPS) is 18.0. The molecule has 0 radical (unpaired) electrons. The highest BCUT2D eigenvalue weighted by Gasteiger charge is 2.42. The van der Waals surface area contributed by atoms with Gasteiger partial charge in [0.25, 0.3) is 0 Å². The Balaban J connectivity index is 2.28. The summed E-state index contributed by atoms with van der Waals surface area (Å²) in [6.45, 7) is 0. The minimum absolute atomic E-state index is 0.220. The van der Waals surface area contributed by atoms with Crippen molar-refractivity contribution in [1.82, 2.24) is 0 Å². The quantitative estimate of drug-likeness (QED) is 0.836. The van der Waals surface area contributed by atoms with Crippen molar-refractivity contribution < 1.29 is 27.5 Å². The van der Waals surface area contributed by atoms with Crippen LogP contribution in [0.25, 0.3) is 0 Å². The van der Waals surface area contributed by atoms with Gasteiger partial charge in [-0.25, -0.2) is 9.18 Å². The molecule has 7 heteroatoms. The number of hydrogen-bond acceptors (Lipinski definition) is 2. The topological polar surface area (TPSA) is 49.3 Å². The Kier molecular flexibility index (Phi) is 3.62. The number of halogens is 4. The van der Waals surface area contributed by atoms with Gasteiger partial charge < -0.3 is 10.4 Å². The number of alkyl halides is 3. The smallest absolute Gasteiger partial charge is 0.416 e. The van der Waals surface area contributed by atoms with Crippen molar-refractivity contribution in [3.63, 3.8) is 0 Å². The predicted molar refractivity (Wildman–Crippen MR) is 63.9 cm³/mol.